The van der Waals surface area contributed by atoms with Gasteiger partial charge in [-0.25, -0.2) is 0 Å². The molecule has 0 saturated carbocycles. The molecule has 3 unspecified atom stereocenters. The van der Waals surface area contributed by atoms with Crippen LogP contribution in [0.1, 0.15) is 36.3 Å². The van der Waals surface area contributed by atoms with Gasteiger partial charge < -0.3 is 5.32 Å². The Morgan fingerprint density at radius 2 is 1.78 bits per heavy atom. The summed E-state index contributed by atoms with van der Waals surface area (Å²) in [4.78, 5) is 0. The van der Waals surface area contributed by atoms with E-state index in [9.17, 15) is 0 Å². The molecule has 138 valence electrons. The zero-order chi connectivity index (χ0) is 18.8. The maximum absolute atomic E-state index is 6.08. The van der Waals surface area contributed by atoms with Crippen molar-refractivity contribution >= 4 is 17.2 Å². The summed E-state index contributed by atoms with van der Waals surface area (Å²) in [6.07, 6.45) is 7.99. The van der Waals surface area contributed by atoms with E-state index in [1.54, 1.807) is 0 Å². The standard InChI is InChI=1S/C25H26ClN/c1-17-14-21(18-6-4-3-5-7-18)16-25(27-2)23-13-10-20(15-24(17)23)19-8-11-22(26)12-9-19/h3-9,11-14,20,24-25,27H,1,10,15-16H2,2H3. The molecular formula is C25H26ClN. The summed E-state index contributed by atoms with van der Waals surface area (Å²) in [5.41, 5.74) is 6.79. The van der Waals surface area contributed by atoms with Gasteiger partial charge in [-0.3, -0.25) is 0 Å². The lowest BCUT2D eigenvalue weighted by Gasteiger charge is -2.33. The van der Waals surface area contributed by atoms with Crippen LogP contribution in [0.15, 0.2) is 84.5 Å². The molecule has 27 heavy (non-hydrogen) atoms. The molecule has 0 aliphatic heterocycles. The molecule has 2 aliphatic rings. The number of benzene rings is 2. The van der Waals surface area contributed by atoms with Gasteiger partial charge in [0.2, 0.25) is 0 Å². The van der Waals surface area contributed by atoms with E-state index in [1.165, 1.54) is 27.8 Å². The van der Waals surface area contributed by atoms with E-state index in [4.69, 9.17) is 11.6 Å². The Kier molecular flexibility index (Phi) is 5.33. The van der Waals surface area contributed by atoms with Crippen LogP contribution in [0.3, 0.4) is 0 Å². The molecule has 0 fully saturated rings. The molecule has 3 atom stereocenters. The lowest BCUT2D eigenvalue weighted by molar-refractivity contribution is 0.471. The molecule has 2 heteroatoms. The first-order valence-electron chi connectivity index (χ1n) is 9.73. The third kappa shape index (κ3) is 3.81. The van der Waals surface area contributed by atoms with Crippen molar-refractivity contribution in [2.75, 3.05) is 7.05 Å². The zero-order valence-corrected chi connectivity index (χ0v) is 16.5. The van der Waals surface area contributed by atoms with E-state index in [-0.39, 0.29) is 0 Å². The highest BCUT2D eigenvalue weighted by Crippen LogP contribution is 2.44. The third-order valence-electron chi connectivity index (χ3n) is 6.03. The number of nitrogens with one attached hydrogen (secondary N) is 1. The lowest BCUT2D eigenvalue weighted by atomic mass is 9.73. The number of fused-ring (bicyclic) bond motifs is 1. The van der Waals surface area contributed by atoms with Gasteiger partial charge in [-0.05, 0) is 72.2 Å². The van der Waals surface area contributed by atoms with Gasteiger partial charge in [-0.1, -0.05) is 72.8 Å². The highest BCUT2D eigenvalue weighted by Gasteiger charge is 2.33. The Labute approximate surface area is 167 Å². The second-order valence-corrected chi connectivity index (χ2v) is 8.07. The zero-order valence-electron chi connectivity index (χ0n) is 15.8. The Hall–Kier alpha value is -2.09. The third-order valence-corrected chi connectivity index (χ3v) is 6.28. The SMILES string of the molecule is C=C1C=C(c2ccccc2)CC(NC)C2=CCC(c3ccc(Cl)cc3)CC12. The smallest absolute Gasteiger partial charge is 0.0406 e. The maximum Gasteiger partial charge on any atom is 0.0406 e. The van der Waals surface area contributed by atoms with Crippen molar-refractivity contribution in [3.63, 3.8) is 0 Å². The second-order valence-electron chi connectivity index (χ2n) is 7.63. The number of hydrogen-bond acceptors (Lipinski definition) is 1. The van der Waals surface area contributed by atoms with E-state index < -0.39 is 0 Å². The van der Waals surface area contributed by atoms with Crippen molar-refractivity contribution in [3.05, 3.63) is 101 Å². The van der Waals surface area contributed by atoms with Gasteiger partial charge in [0.15, 0.2) is 0 Å². The van der Waals surface area contributed by atoms with Gasteiger partial charge in [0.05, 0.1) is 0 Å². The van der Waals surface area contributed by atoms with Crippen molar-refractivity contribution in [1.82, 2.24) is 5.32 Å². The normalized spacial score (nSPS) is 25.3. The van der Waals surface area contributed by atoms with Crippen molar-refractivity contribution in [1.29, 1.82) is 0 Å². The highest BCUT2D eigenvalue weighted by atomic mass is 35.5. The van der Waals surface area contributed by atoms with Crippen LogP contribution >= 0.6 is 11.6 Å². The minimum Gasteiger partial charge on any atom is -0.313 e. The largest absolute Gasteiger partial charge is 0.313 e. The van der Waals surface area contributed by atoms with Gasteiger partial charge in [0.25, 0.3) is 0 Å². The molecule has 0 aromatic heterocycles. The molecule has 0 radical (unpaired) electrons. The molecule has 0 heterocycles. The van der Waals surface area contributed by atoms with Crippen molar-refractivity contribution in [3.8, 4) is 0 Å². The predicted molar refractivity (Wildman–Crippen MR) is 116 cm³/mol. The molecule has 2 aromatic carbocycles. The van der Waals surface area contributed by atoms with Crippen LogP contribution in [-0.2, 0) is 0 Å². The summed E-state index contributed by atoms with van der Waals surface area (Å²) in [7, 11) is 2.07. The average Bonchev–Trinajstić information content (AvgIpc) is 2.85. The Morgan fingerprint density at radius 3 is 2.48 bits per heavy atom. The summed E-state index contributed by atoms with van der Waals surface area (Å²) >= 11 is 6.08. The summed E-state index contributed by atoms with van der Waals surface area (Å²) in [5, 5.41) is 4.36. The minimum absolute atomic E-state index is 0.367. The van der Waals surface area contributed by atoms with Crippen LogP contribution < -0.4 is 5.32 Å². The molecule has 0 saturated heterocycles. The fourth-order valence-corrected chi connectivity index (χ4v) is 4.66. The summed E-state index contributed by atoms with van der Waals surface area (Å²) in [6, 6.07) is 19.4. The van der Waals surface area contributed by atoms with E-state index >= 15 is 0 Å². The minimum atomic E-state index is 0.367. The summed E-state index contributed by atoms with van der Waals surface area (Å²) in [6.45, 7) is 4.48. The number of rotatable bonds is 3. The summed E-state index contributed by atoms with van der Waals surface area (Å²) < 4.78 is 0. The molecule has 0 bridgehead atoms. The molecule has 2 aliphatic carbocycles. The fourth-order valence-electron chi connectivity index (χ4n) is 4.54. The quantitative estimate of drug-likeness (QED) is 0.612. The highest BCUT2D eigenvalue weighted by molar-refractivity contribution is 6.30. The van der Waals surface area contributed by atoms with Gasteiger partial charge in [-0.2, -0.15) is 0 Å². The molecule has 0 amide bonds. The van der Waals surface area contributed by atoms with Crippen molar-refractivity contribution in [2.45, 2.75) is 31.2 Å². The van der Waals surface area contributed by atoms with Crippen LogP contribution in [0.2, 0.25) is 5.02 Å². The molecular weight excluding hydrogens is 350 g/mol. The van der Waals surface area contributed by atoms with Gasteiger partial charge in [0, 0.05) is 17.0 Å². The van der Waals surface area contributed by atoms with Crippen molar-refractivity contribution < 1.29 is 0 Å². The van der Waals surface area contributed by atoms with E-state index in [1.807, 2.05) is 12.1 Å². The fraction of sp³-hybridized carbons (Fsp3) is 0.280. The molecule has 2 aromatic rings. The average molecular weight is 376 g/mol. The van der Waals surface area contributed by atoms with E-state index in [2.05, 4.69) is 73.6 Å². The van der Waals surface area contributed by atoms with Crippen molar-refractivity contribution in [2.24, 2.45) is 5.92 Å². The maximum atomic E-state index is 6.08. The van der Waals surface area contributed by atoms with E-state index in [0.29, 0.717) is 17.9 Å². The Balaban J connectivity index is 1.66. The van der Waals surface area contributed by atoms with Crippen LogP contribution in [0, 0.1) is 5.92 Å². The number of likely N-dealkylation sites (N-methyl/N-ethyl adjacent to an activating group) is 1. The Bertz CT molecular complexity index is 876. The van der Waals surface area contributed by atoms with Crippen LogP contribution in [0.5, 0.6) is 0 Å². The first-order chi connectivity index (χ1) is 13.2. The molecule has 4 rings (SSSR count). The van der Waals surface area contributed by atoms with Crippen LogP contribution in [0.4, 0.5) is 0 Å². The number of halogens is 1. The van der Waals surface area contributed by atoms with E-state index in [0.717, 1.165) is 24.3 Å². The van der Waals surface area contributed by atoms with Gasteiger partial charge in [-0.15, -0.1) is 0 Å². The molecule has 1 N–H and O–H groups in total. The van der Waals surface area contributed by atoms with Gasteiger partial charge >= 0.3 is 0 Å². The van der Waals surface area contributed by atoms with Crippen LogP contribution in [-0.4, -0.2) is 13.1 Å². The number of hydrogen-bond donors (Lipinski definition) is 1. The Morgan fingerprint density at radius 1 is 1.04 bits per heavy atom. The first kappa shape index (κ1) is 18.3. The second kappa shape index (κ2) is 7.88. The number of allylic oxidation sites excluding steroid dienone is 3. The monoisotopic (exact) mass is 375 g/mol. The summed E-state index contributed by atoms with van der Waals surface area (Å²) in [5.74, 6) is 0.926. The van der Waals surface area contributed by atoms with Gasteiger partial charge in [0.1, 0.15) is 0 Å². The topological polar surface area (TPSA) is 12.0 Å². The molecule has 0 spiro atoms. The first-order valence-corrected chi connectivity index (χ1v) is 10.1. The lowest BCUT2D eigenvalue weighted by Crippen LogP contribution is -2.32. The molecule has 1 nitrogen and oxygen atoms in total. The van der Waals surface area contributed by atoms with Crippen LogP contribution in [0.25, 0.3) is 5.57 Å². The predicted octanol–water partition coefficient (Wildman–Crippen LogP) is 6.39.